The number of carbonyl (C=O) groups excluding carboxylic acids is 1. The number of nitrogens with one attached hydrogen (secondary N) is 1. The predicted molar refractivity (Wildman–Crippen MR) is 75.6 cm³/mol. The summed E-state index contributed by atoms with van der Waals surface area (Å²) in [6, 6.07) is 1.36. The van der Waals surface area contributed by atoms with Gasteiger partial charge in [0.25, 0.3) is 0 Å². The van der Waals surface area contributed by atoms with Gasteiger partial charge in [-0.3, -0.25) is 4.79 Å². The Kier molecular flexibility index (Phi) is 6.34. The molecule has 0 aromatic carbocycles. The number of nitrogens with two attached hydrogens (primary N) is 1. The number of aromatic nitrogens is 1. The van der Waals surface area contributed by atoms with Crippen LogP contribution in [0.1, 0.15) is 13.8 Å². The number of halogens is 2. The molecule has 2 unspecified atom stereocenters. The molecule has 0 radical (unpaired) electrons. The van der Waals surface area contributed by atoms with Gasteiger partial charge in [-0.25, -0.2) is 4.98 Å². The first-order valence-electron chi connectivity index (χ1n) is 5.89. The minimum absolute atomic E-state index is 0.103. The standard InChI is InChI=1S/C12H17Cl2N3O2/c1-7(8(2)15)11(18)16-3-4-19-12-10(14)5-9(13)6-17-12/h5-8H,3-4,15H2,1-2H3,(H,16,18). The molecule has 3 N–H and O–H groups in total. The molecule has 1 aromatic heterocycles. The summed E-state index contributed by atoms with van der Waals surface area (Å²) < 4.78 is 5.33. The Bertz CT molecular complexity index is 441. The van der Waals surface area contributed by atoms with E-state index in [1.807, 2.05) is 0 Å². The van der Waals surface area contributed by atoms with Gasteiger partial charge in [0.05, 0.1) is 11.6 Å². The maximum Gasteiger partial charge on any atom is 0.232 e. The van der Waals surface area contributed by atoms with Crippen molar-refractivity contribution < 1.29 is 9.53 Å². The molecule has 0 fully saturated rings. The Morgan fingerprint density at radius 2 is 2.21 bits per heavy atom. The zero-order valence-corrected chi connectivity index (χ0v) is 12.3. The van der Waals surface area contributed by atoms with Gasteiger partial charge in [-0.1, -0.05) is 30.1 Å². The van der Waals surface area contributed by atoms with Crippen molar-refractivity contribution in [2.24, 2.45) is 11.7 Å². The van der Waals surface area contributed by atoms with Crippen molar-refractivity contribution in [3.05, 3.63) is 22.3 Å². The number of amides is 1. The van der Waals surface area contributed by atoms with Crippen LogP contribution >= 0.6 is 23.2 Å². The first-order valence-corrected chi connectivity index (χ1v) is 6.64. The zero-order valence-electron chi connectivity index (χ0n) is 10.8. The molecular weight excluding hydrogens is 289 g/mol. The first kappa shape index (κ1) is 16.0. The molecule has 1 heterocycles. The van der Waals surface area contributed by atoms with Crippen LogP contribution < -0.4 is 15.8 Å². The topological polar surface area (TPSA) is 77.2 Å². The highest BCUT2D eigenvalue weighted by molar-refractivity contribution is 6.35. The number of hydrogen-bond acceptors (Lipinski definition) is 4. The fourth-order valence-electron chi connectivity index (χ4n) is 1.23. The molecule has 2 atom stereocenters. The normalized spacial score (nSPS) is 13.7. The van der Waals surface area contributed by atoms with Crippen LogP contribution in [0.4, 0.5) is 0 Å². The summed E-state index contributed by atoms with van der Waals surface area (Å²) in [7, 11) is 0. The fraction of sp³-hybridized carbons (Fsp3) is 0.500. The van der Waals surface area contributed by atoms with Crippen LogP contribution in [0.15, 0.2) is 12.3 Å². The van der Waals surface area contributed by atoms with Gasteiger partial charge < -0.3 is 15.8 Å². The van der Waals surface area contributed by atoms with Crippen LogP contribution in [-0.2, 0) is 4.79 Å². The van der Waals surface area contributed by atoms with Gasteiger partial charge >= 0.3 is 0 Å². The highest BCUT2D eigenvalue weighted by Crippen LogP contribution is 2.24. The molecule has 0 saturated carbocycles. The molecule has 0 aliphatic heterocycles. The molecule has 0 aliphatic carbocycles. The number of rotatable bonds is 6. The van der Waals surface area contributed by atoms with Crippen molar-refractivity contribution in [3.63, 3.8) is 0 Å². The molecule has 1 aromatic rings. The van der Waals surface area contributed by atoms with Gasteiger partial charge in [0, 0.05) is 18.2 Å². The second-order valence-electron chi connectivity index (χ2n) is 4.23. The third-order valence-corrected chi connectivity index (χ3v) is 3.09. The number of ether oxygens (including phenoxy) is 1. The SMILES string of the molecule is CC(N)C(C)C(=O)NCCOc1ncc(Cl)cc1Cl. The lowest BCUT2D eigenvalue weighted by atomic mass is 10.0. The second-order valence-corrected chi connectivity index (χ2v) is 5.07. The van der Waals surface area contributed by atoms with Crippen LogP contribution in [0.25, 0.3) is 0 Å². The summed E-state index contributed by atoms with van der Waals surface area (Å²) in [5.74, 6) is -0.0495. The van der Waals surface area contributed by atoms with E-state index in [9.17, 15) is 4.79 Å². The Morgan fingerprint density at radius 1 is 1.53 bits per heavy atom. The number of pyridine rings is 1. The van der Waals surface area contributed by atoms with Gasteiger partial charge in [-0.05, 0) is 13.0 Å². The number of nitrogens with zero attached hydrogens (tertiary/aromatic N) is 1. The molecule has 19 heavy (non-hydrogen) atoms. The largest absolute Gasteiger partial charge is 0.475 e. The molecule has 5 nitrogen and oxygen atoms in total. The molecular formula is C12H17Cl2N3O2. The Labute approximate surface area is 122 Å². The van der Waals surface area contributed by atoms with E-state index >= 15 is 0 Å². The monoisotopic (exact) mass is 305 g/mol. The zero-order chi connectivity index (χ0) is 14.4. The summed E-state index contributed by atoms with van der Waals surface area (Å²) in [6.45, 7) is 4.19. The highest BCUT2D eigenvalue weighted by Gasteiger charge is 2.16. The van der Waals surface area contributed by atoms with E-state index in [0.717, 1.165) is 0 Å². The minimum atomic E-state index is -0.239. The Balaban J connectivity index is 2.33. The fourth-order valence-corrected chi connectivity index (χ4v) is 1.66. The van der Waals surface area contributed by atoms with Gasteiger partial charge in [-0.15, -0.1) is 0 Å². The molecule has 0 aliphatic rings. The molecule has 0 saturated heterocycles. The van der Waals surface area contributed by atoms with E-state index in [2.05, 4.69) is 10.3 Å². The van der Waals surface area contributed by atoms with Crippen molar-refractivity contribution in [1.29, 1.82) is 0 Å². The highest BCUT2D eigenvalue weighted by atomic mass is 35.5. The molecule has 106 valence electrons. The second kappa shape index (κ2) is 7.53. The third kappa shape index (κ3) is 5.22. The van der Waals surface area contributed by atoms with Crippen LogP contribution in [0.5, 0.6) is 5.88 Å². The first-order chi connectivity index (χ1) is 8.91. The molecule has 0 bridgehead atoms. The van der Waals surface area contributed by atoms with Gasteiger partial charge in [-0.2, -0.15) is 0 Å². The van der Waals surface area contributed by atoms with Crippen molar-refractivity contribution in [1.82, 2.24) is 10.3 Å². The maximum absolute atomic E-state index is 11.6. The lowest BCUT2D eigenvalue weighted by Crippen LogP contribution is -2.40. The number of hydrogen-bond donors (Lipinski definition) is 2. The van der Waals surface area contributed by atoms with Crippen LogP contribution in [0, 0.1) is 5.92 Å². The molecule has 0 spiro atoms. The summed E-state index contributed by atoms with van der Waals surface area (Å²) in [6.07, 6.45) is 1.44. The van der Waals surface area contributed by atoms with Gasteiger partial charge in [0.1, 0.15) is 11.6 Å². The lowest BCUT2D eigenvalue weighted by Gasteiger charge is -2.15. The average Bonchev–Trinajstić information content (AvgIpc) is 2.35. The molecule has 1 rings (SSSR count). The minimum Gasteiger partial charge on any atom is -0.475 e. The van der Waals surface area contributed by atoms with E-state index in [0.29, 0.717) is 22.5 Å². The van der Waals surface area contributed by atoms with Crippen LogP contribution in [-0.4, -0.2) is 30.1 Å². The van der Waals surface area contributed by atoms with E-state index < -0.39 is 0 Å². The van der Waals surface area contributed by atoms with Crippen molar-refractivity contribution in [3.8, 4) is 5.88 Å². The van der Waals surface area contributed by atoms with Crippen molar-refractivity contribution >= 4 is 29.1 Å². The maximum atomic E-state index is 11.6. The lowest BCUT2D eigenvalue weighted by molar-refractivity contribution is -0.125. The summed E-state index contributed by atoms with van der Waals surface area (Å²) in [5, 5.41) is 3.50. The Hall–Kier alpha value is -1.04. The molecule has 1 amide bonds. The van der Waals surface area contributed by atoms with Gasteiger partial charge in [0.15, 0.2) is 0 Å². The summed E-state index contributed by atoms with van der Waals surface area (Å²) >= 11 is 11.6. The van der Waals surface area contributed by atoms with Gasteiger partial charge in [0.2, 0.25) is 11.8 Å². The predicted octanol–water partition coefficient (Wildman–Crippen LogP) is 1.87. The van der Waals surface area contributed by atoms with Crippen LogP contribution in [0.3, 0.4) is 0 Å². The van der Waals surface area contributed by atoms with E-state index in [1.54, 1.807) is 19.9 Å². The quantitative estimate of drug-likeness (QED) is 0.787. The summed E-state index contributed by atoms with van der Waals surface area (Å²) in [5.41, 5.74) is 5.63. The number of carbonyl (C=O) groups is 1. The third-order valence-electron chi connectivity index (χ3n) is 2.62. The molecule has 7 heteroatoms. The van der Waals surface area contributed by atoms with Crippen molar-refractivity contribution in [2.75, 3.05) is 13.2 Å². The Morgan fingerprint density at radius 3 is 2.79 bits per heavy atom. The van der Waals surface area contributed by atoms with Crippen LogP contribution in [0.2, 0.25) is 10.0 Å². The smallest absolute Gasteiger partial charge is 0.232 e. The van der Waals surface area contributed by atoms with E-state index in [-0.39, 0.29) is 24.5 Å². The average molecular weight is 306 g/mol. The van der Waals surface area contributed by atoms with E-state index in [4.69, 9.17) is 33.7 Å². The van der Waals surface area contributed by atoms with E-state index in [1.165, 1.54) is 6.20 Å². The van der Waals surface area contributed by atoms with Crippen molar-refractivity contribution in [2.45, 2.75) is 19.9 Å². The summed E-state index contributed by atoms with van der Waals surface area (Å²) in [4.78, 5) is 15.5.